The van der Waals surface area contributed by atoms with Crippen LogP contribution in [0, 0.1) is 0 Å². The van der Waals surface area contributed by atoms with Crippen LogP contribution in [0.3, 0.4) is 0 Å². The van der Waals surface area contributed by atoms with Crippen molar-refractivity contribution in [3.63, 3.8) is 0 Å². The van der Waals surface area contributed by atoms with Crippen LogP contribution in [0.15, 0.2) is 156 Å². The zero-order valence-electron chi connectivity index (χ0n) is 39.6. The van der Waals surface area contributed by atoms with Gasteiger partial charge in [-0.3, -0.25) is 0 Å². The molecule has 14 nitrogen and oxygen atoms in total. The quantitative estimate of drug-likeness (QED) is 0.0878. The second-order valence-corrected chi connectivity index (χ2v) is 19.5. The van der Waals surface area contributed by atoms with E-state index in [0.29, 0.717) is 5.39 Å². The number of allylic oxidation sites excluding steroid dienone is 2. The Bertz CT molecular complexity index is 3070. The number of rotatable bonds is 12. The van der Waals surface area contributed by atoms with Crippen molar-refractivity contribution in [1.82, 2.24) is 0 Å². The lowest BCUT2D eigenvalue weighted by molar-refractivity contribution is -0.401. The van der Waals surface area contributed by atoms with Crippen molar-refractivity contribution in [1.29, 1.82) is 0 Å². The van der Waals surface area contributed by atoms with Crippen LogP contribution in [0.5, 0.6) is 23.0 Å². The molecule has 0 atom stereocenters. The van der Waals surface area contributed by atoms with E-state index >= 15 is 0 Å². The van der Waals surface area contributed by atoms with Gasteiger partial charge < -0.3 is 38.7 Å². The van der Waals surface area contributed by atoms with Crippen LogP contribution in [0.2, 0.25) is 0 Å². The van der Waals surface area contributed by atoms with Gasteiger partial charge in [-0.05, 0) is 75.5 Å². The van der Waals surface area contributed by atoms with Gasteiger partial charge in [-0.1, -0.05) is 54.6 Å². The number of fused-ring (bicyclic) bond motifs is 3. The van der Waals surface area contributed by atoms with Crippen molar-refractivity contribution in [2.75, 3.05) is 53.2 Å². The Hall–Kier alpha value is -6.98. The Labute approximate surface area is 399 Å². The van der Waals surface area contributed by atoms with Gasteiger partial charge in [-0.2, -0.15) is 9.15 Å². The molecule has 68 heavy (non-hydrogen) atoms. The monoisotopic (exact) mass is 960 g/mol. The summed E-state index contributed by atoms with van der Waals surface area (Å²) in [5.41, 5.74) is 9.43. The fourth-order valence-electron chi connectivity index (χ4n) is 8.46. The van der Waals surface area contributed by atoms with E-state index in [2.05, 4.69) is 122 Å². The average molecular weight is 961 g/mol. The van der Waals surface area contributed by atoms with E-state index in [9.17, 15) is 25.9 Å². The third kappa shape index (κ3) is 10.7. The molecule has 0 saturated carbocycles. The Morgan fingerprint density at radius 2 is 0.985 bits per heavy atom. The Kier molecular flexibility index (Phi) is 15.2. The van der Waals surface area contributed by atoms with Crippen molar-refractivity contribution in [3.8, 4) is 23.0 Å². The van der Waals surface area contributed by atoms with Gasteiger partial charge in [0.25, 0.3) is 0 Å². The van der Waals surface area contributed by atoms with Crippen molar-refractivity contribution < 1.29 is 54.0 Å². The van der Waals surface area contributed by atoms with E-state index in [0.717, 1.165) is 52.6 Å². The van der Waals surface area contributed by atoms with Gasteiger partial charge in [0.1, 0.15) is 57.3 Å². The average Bonchev–Trinajstić information content (AvgIpc) is 3.64. The highest BCUT2D eigenvalue weighted by Crippen LogP contribution is 2.40. The van der Waals surface area contributed by atoms with Crippen molar-refractivity contribution in [3.05, 3.63) is 157 Å². The molecule has 2 aliphatic rings. The van der Waals surface area contributed by atoms with Gasteiger partial charge in [0.15, 0.2) is 11.4 Å². The second kappa shape index (κ2) is 20.5. The fourth-order valence-corrected chi connectivity index (χ4v) is 9.64. The molecule has 0 aliphatic carbocycles. The third-order valence-corrected chi connectivity index (χ3v) is 13.8. The molecule has 0 spiro atoms. The van der Waals surface area contributed by atoms with Crippen LogP contribution in [0.1, 0.15) is 38.8 Å². The number of benzene rings is 6. The Morgan fingerprint density at radius 3 is 1.38 bits per heavy atom. The highest BCUT2D eigenvalue weighted by Gasteiger charge is 2.43. The van der Waals surface area contributed by atoms with Crippen LogP contribution in [0.25, 0.3) is 10.8 Å². The standard InChI is InChI=1S/2C21H24N2O2.C10H8O6S2/c2*1-21(2)16-8-6-7-9-18(16)23(3)20(21)12-13-22-17-11-10-15(24-4)14-19(17)25-5;11-17(12,13)8-5-4-7-2-1-3-10(9(7)6-8)18(14,15)16/h2*6-14H,1-5H3;1-6H,(H,11,12,13)(H,14,15,16). The predicted molar refractivity (Wildman–Crippen MR) is 265 cm³/mol. The number of hydrogen-bond acceptors (Lipinski definition) is 12. The van der Waals surface area contributed by atoms with Crippen LogP contribution in [-0.2, 0) is 31.1 Å². The number of para-hydroxylation sites is 2. The summed E-state index contributed by atoms with van der Waals surface area (Å²) in [7, 11) is 1.39. The van der Waals surface area contributed by atoms with Gasteiger partial charge in [0.05, 0.1) is 60.4 Å². The lowest BCUT2D eigenvalue weighted by atomic mass is 9.81. The van der Waals surface area contributed by atoms with Crippen molar-refractivity contribution in [2.24, 2.45) is 0 Å². The number of hydrogen-bond donors (Lipinski definition) is 2. The molecule has 0 saturated heterocycles. The summed E-state index contributed by atoms with van der Waals surface area (Å²) in [5.74, 6) is 3.04. The lowest BCUT2D eigenvalue weighted by Gasteiger charge is -2.15. The summed E-state index contributed by atoms with van der Waals surface area (Å²) >= 11 is 0. The van der Waals surface area contributed by atoms with Gasteiger partial charge in [-0.15, -0.1) is 0 Å². The van der Waals surface area contributed by atoms with Crippen LogP contribution in [0.4, 0.5) is 22.7 Å². The maximum absolute atomic E-state index is 11.0. The Morgan fingerprint density at radius 1 is 0.529 bits per heavy atom. The molecule has 2 aliphatic heterocycles. The number of anilines is 2. The molecular weight excluding hydrogens is 905 g/mol. The molecule has 0 amide bonds. The number of nitrogens with zero attached hydrogens (tertiary/aromatic N) is 2. The largest absolute Gasteiger partial charge is 0.744 e. The van der Waals surface area contributed by atoms with E-state index < -0.39 is 30.0 Å². The summed E-state index contributed by atoms with van der Waals surface area (Å²) in [4.78, 5) is -1.13. The van der Waals surface area contributed by atoms with Gasteiger partial charge in [0, 0.05) is 65.3 Å². The third-order valence-electron chi connectivity index (χ3n) is 12.0. The lowest BCUT2D eigenvalue weighted by Crippen LogP contribution is -2.26. The zero-order chi connectivity index (χ0) is 49.6. The summed E-state index contributed by atoms with van der Waals surface area (Å²) in [6, 6.07) is 35.7. The van der Waals surface area contributed by atoms with Gasteiger partial charge in [0.2, 0.25) is 11.4 Å². The topological polar surface area (TPSA) is 181 Å². The predicted octanol–water partition coefficient (Wildman–Crippen LogP) is 9.32. The number of methoxy groups -OCH3 is 4. The molecule has 0 aromatic heterocycles. The molecule has 6 aromatic rings. The molecule has 0 fully saturated rings. The highest BCUT2D eigenvalue weighted by atomic mass is 32.2. The molecule has 0 unspecified atom stereocenters. The first-order valence-electron chi connectivity index (χ1n) is 21.3. The smallest absolute Gasteiger partial charge is 0.209 e. The minimum atomic E-state index is -4.74. The SMILES string of the molecule is COc1ccc(N/C=C/C2=[N+](C)c3ccccc3C2(C)C)c(OC)c1.COc1ccc(N/C=C/C2=[N+](C)c3ccccc3C2(C)C)c(OC)c1.O=S(=O)([O-])c1ccc2cccc(S(=O)(=O)[O-])c2c1. The van der Waals surface area contributed by atoms with E-state index in [4.69, 9.17) is 18.9 Å². The highest BCUT2D eigenvalue weighted by molar-refractivity contribution is 7.86. The molecule has 6 aromatic carbocycles. The van der Waals surface area contributed by atoms with E-state index in [-0.39, 0.29) is 16.2 Å². The second-order valence-electron chi connectivity index (χ2n) is 16.8. The maximum atomic E-state index is 11.0. The molecule has 0 bridgehead atoms. The molecule has 0 radical (unpaired) electrons. The van der Waals surface area contributed by atoms with Crippen LogP contribution >= 0.6 is 0 Å². The molecular formula is C52H56N4O10S2. The maximum Gasteiger partial charge on any atom is 0.209 e. The van der Waals surface area contributed by atoms with Crippen molar-refractivity contribution in [2.45, 2.75) is 48.3 Å². The fraction of sp³-hybridized carbons (Fsp3) is 0.231. The Balaban J connectivity index is 0.000000171. The van der Waals surface area contributed by atoms with E-state index in [1.165, 1.54) is 52.1 Å². The first-order chi connectivity index (χ1) is 32.2. The molecule has 2 heterocycles. The van der Waals surface area contributed by atoms with E-state index in [1.54, 1.807) is 28.4 Å². The summed E-state index contributed by atoms with van der Waals surface area (Å²) in [6.45, 7) is 9.01. The van der Waals surface area contributed by atoms with Gasteiger partial charge >= 0.3 is 0 Å². The zero-order valence-corrected chi connectivity index (χ0v) is 41.3. The summed E-state index contributed by atoms with van der Waals surface area (Å²) in [6.07, 6.45) is 8.18. The van der Waals surface area contributed by atoms with Crippen LogP contribution in [-0.4, -0.2) is 89.1 Å². The number of nitrogens with one attached hydrogen (secondary N) is 2. The van der Waals surface area contributed by atoms with Gasteiger partial charge in [-0.25, -0.2) is 16.8 Å². The normalized spacial score (nSPS) is 14.7. The molecule has 2 N–H and O–H groups in total. The molecule has 356 valence electrons. The van der Waals surface area contributed by atoms with E-state index in [1.807, 2.05) is 48.8 Å². The molecule has 8 rings (SSSR count). The summed E-state index contributed by atoms with van der Waals surface area (Å²) in [5, 5.41) is 6.92. The van der Waals surface area contributed by atoms with Crippen LogP contribution < -0.4 is 29.6 Å². The minimum absolute atomic E-state index is 0.0342. The summed E-state index contributed by atoms with van der Waals surface area (Å²) < 4.78 is 91.5. The first kappa shape index (κ1) is 50.4. The van der Waals surface area contributed by atoms with Crippen molar-refractivity contribution >= 4 is 65.2 Å². The minimum Gasteiger partial charge on any atom is -0.744 e. The number of ether oxygens (including phenoxy) is 4. The first-order valence-corrected chi connectivity index (χ1v) is 24.1. The molecule has 16 heteroatoms.